The molecule has 152 valence electrons. The number of fused-ring (bicyclic) bond motifs is 1. The molecule has 2 heterocycles. The molecule has 3 amide bonds. The quantitative estimate of drug-likeness (QED) is 0.409. The Morgan fingerprint density at radius 3 is 2.63 bits per heavy atom. The lowest BCUT2D eigenvalue weighted by molar-refractivity contribution is 0.0967. The zero-order valence-electron chi connectivity index (χ0n) is 15.4. The van der Waals surface area contributed by atoms with E-state index in [-0.39, 0.29) is 5.75 Å². The van der Waals surface area contributed by atoms with Crippen molar-refractivity contribution in [3.05, 3.63) is 78.1 Å². The third-order valence-corrected chi connectivity index (χ3v) is 5.74. The van der Waals surface area contributed by atoms with E-state index in [2.05, 4.69) is 15.6 Å². The number of para-hydroxylation sites is 1. The molecule has 4 aromatic rings. The molecule has 0 aliphatic carbocycles. The van der Waals surface area contributed by atoms with Crippen molar-refractivity contribution in [2.24, 2.45) is 0 Å². The summed E-state index contributed by atoms with van der Waals surface area (Å²) in [7, 11) is 0. The lowest BCUT2D eigenvalue weighted by atomic mass is 10.1. The van der Waals surface area contributed by atoms with Crippen LogP contribution in [0, 0.1) is 0 Å². The van der Waals surface area contributed by atoms with Gasteiger partial charge in [0.25, 0.3) is 5.91 Å². The third-order valence-electron chi connectivity index (χ3n) is 4.22. The summed E-state index contributed by atoms with van der Waals surface area (Å²) in [6.07, 6.45) is 3.63. The minimum absolute atomic E-state index is 0.0202. The van der Waals surface area contributed by atoms with Crippen LogP contribution in [0.25, 0.3) is 15.9 Å². The predicted octanol–water partition coefficient (Wildman–Crippen LogP) is 3.77. The summed E-state index contributed by atoms with van der Waals surface area (Å²) in [5, 5.41) is 5.20. The average Bonchev–Trinajstić information content (AvgIpc) is 3.36. The van der Waals surface area contributed by atoms with E-state index in [1.54, 1.807) is 41.0 Å². The first-order valence-corrected chi connectivity index (χ1v) is 10.9. The van der Waals surface area contributed by atoms with Gasteiger partial charge in [-0.3, -0.25) is 15.4 Å². The predicted molar refractivity (Wildman–Crippen MR) is 116 cm³/mol. The number of hydrogen-bond donors (Lipinski definition) is 3. The van der Waals surface area contributed by atoms with Gasteiger partial charge in [0.1, 0.15) is 0 Å². The molecular weight excluding hydrogens is 424 g/mol. The van der Waals surface area contributed by atoms with Crippen LogP contribution in [-0.4, -0.2) is 30.3 Å². The molecule has 10 heteroatoms. The van der Waals surface area contributed by atoms with Gasteiger partial charge in [-0.15, -0.1) is 0 Å². The van der Waals surface area contributed by atoms with Gasteiger partial charge in [0, 0.05) is 12.4 Å². The van der Waals surface area contributed by atoms with E-state index < -0.39 is 23.0 Å². The SMILES string of the molecule is O=C(NC(=O)c1ccccc1-n1cccc1)Nc1nc2ccc(CS(=O)O)cc2s1. The minimum atomic E-state index is -1.93. The summed E-state index contributed by atoms with van der Waals surface area (Å²) in [5.74, 6) is -0.516. The summed E-state index contributed by atoms with van der Waals surface area (Å²) in [5.41, 5.74) is 2.35. The molecule has 2 aromatic carbocycles. The van der Waals surface area contributed by atoms with Crippen LogP contribution in [0.2, 0.25) is 0 Å². The van der Waals surface area contributed by atoms with Crippen molar-refractivity contribution in [2.45, 2.75) is 5.75 Å². The summed E-state index contributed by atoms with van der Waals surface area (Å²) in [6.45, 7) is 0. The van der Waals surface area contributed by atoms with Crippen LogP contribution in [0.4, 0.5) is 9.93 Å². The molecule has 4 rings (SSSR count). The summed E-state index contributed by atoms with van der Waals surface area (Å²) < 4.78 is 22.5. The second-order valence-electron chi connectivity index (χ2n) is 6.30. The molecule has 30 heavy (non-hydrogen) atoms. The number of carbonyl (C=O) groups is 2. The Bertz CT molecular complexity index is 1250. The lowest BCUT2D eigenvalue weighted by Gasteiger charge is -2.10. The van der Waals surface area contributed by atoms with Crippen LogP contribution >= 0.6 is 11.3 Å². The molecule has 0 bridgehead atoms. The smallest absolute Gasteiger partial charge is 0.323 e. The first kappa shape index (κ1) is 20.0. The topological polar surface area (TPSA) is 113 Å². The van der Waals surface area contributed by atoms with Crippen molar-refractivity contribution in [1.82, 2.24) is 14.9 Å². The van der Waals surface area contributed by atoms with Crippen molar-refractivity contribution in [2.75, 3.05) is 5.32 Å². The molecule has 0 aliphatic heterocycles. The van der Waals surface area contributed by atoms with E-state index in [4.69, 9.17) is 4.55 Å². The number of urea groups is 1. The van der Waals surface area contributed by atoms with Crippen molar-refractivity contribution >= 4 is 49.7 Å². The highest BCUT2D eigenvalue weighted by atomic mass is 32.2. The fourth-order valence-electron chi connectivity index (χ4n) is 2.94. The van der Waals surface area contributed by atoms with Crippen LogP contribution in [-0.2, 0) is 16.8 Å². The van der Waals surface area contributed by atoms with Gasteiger partial charge < -0.3 is 9.12 Å². The maximum atomic E-state index is 12.6. The first-order chi connectivity index (χ1) is 14.5. The van der Waals surface area contributed by atoms with Gasteiger partial charge >= 0.3 is 6.03 Å². The van der Waals surface area contributed by atoms with Crippen LogP contribution in [0.3, 0.4) is 0 Å². The summed E-state index contributed by atoms with van der Waals surface area (Å²) >= 11 is -0.723. The van der Waals surface area contributed by atoms with E-state index in [0.717, 1.165) is 4.70 Å². The van der Waals surface area contributed by atoms with Crippen LogP contribution in [0.15, 0.2) is 67.0 Å². The van der Waals surface area contributed by atoms with E-state index in [0.29, 0.717) is 27.5 Å². The molecule has 2 aromatic heterocycles. The number of nitrogens with one attached hydrogen (secondary N) is 2. The van der Waals surface area contributed by atoms with E-state index in [1.807, 2.05) is 30.6 Å². The molecule has 0 saturated heterocycles. The number of rotatable bonds is 5. The van der Waals surface area contributed by atoms with Crippen molar-refractivity contribution in [3.63, 3.8) is 0 Å². The number of thiazole rings is 1. The van der Waals surface area contributed by atoms with Gasteiger partial charge in [-0.1, -0.05) is 29.5 Å². The van der Waals surface area contributed by atoms with Gasteiger partial charge in [-0.25, -0.2) is 14.0 Å². The lowest BCUT2D eigenvalue weighted by Crippen LogP contribution is -2.34. The van der Waals surface area contributed by atoms with Gasteiger partial charge in [0.05, 0.1) is 27.2 Å². The highest BCUT2D eigenvalue weighted by Crippen LogP contribution is 2.27. The fraction of sp³-hybridized carbons (Fsp3) is 0.0500. The Morgan fingerprint density at radius 1 is 1.10 bits per heavy atom. The number of hydrogen-bond acceptors (Lipinski definition) is 5. The Morgan fingerprint density at radius 2 is 1.87 bits per heavy atom. The molecule has 8 nitrogen and oxygen atoms in total. The van der Waals surface area contributed by atoms with Gasteiger partial charge in [-0.05, 0) is 42.0 Å². The van der Waals surface area contributed by atoms with Gasteiger partial charge in [-0.2, -0.15) is 0 Å². The number of aromatic nitrogens is 2. The largest absolute Gasteiger partial charge is 0.327 e. The number of benzene rings is 2. The molecule has 0 radical (unpaired) electrons. The maximum Gasteiger partial charge on any atom is 0.327 e. The number of nitrogens with zero attached hydrogens (tertiary/aromatic N) is 2. The van der Waals surface area contributed by atoms with E-state index in [9.17, 15) is 13.8 Å². The maximum absolute atomic E-state index is 12.6. The van der Waals surface area contributed by atoms with Crippen molar-refractivity contribution in [3.8, 4) is 5.69 Å². The average molecular weight is 441 g/mol. The minimum Gasteiger partial charge on any atom is -0.323 e. The third kappa shape index (κ3) is 4.46. The molecular formula is C20H16N4O4S2. The highest BCUT2D eigenvalue weighted by molar-refractivity contribution is 7.78. The van der Waals surface area contributed by atoms with Gasteiger partial charge in [0.2, 0.25) is 0 Å². The molecule has 0 aliphatic rings. The van der Waals surface area contributed by atoms with E-state index >= 15 is 0 Å². The van der Waals surface area contributed by atoms with Crippen LogP contribution in [0.1, 0.15) is 15.9 Å². The number of carbonyl (C=O) groups excluding carboxylic acids is 2. The number of amides is 3. The zero-order chi connectivity index (χ0) is 21.1. The Hall–Kier alpha value is -3.34. The van der Waals surface area contributed by atoms with Gasteiger partial charge in [0.15, 0.2) is 16.2 Å². The Labute approximate surface area is 177 Å². The summed E-state index contributed by atoms with van der Waals surface area (Å²) in [4.78, 5) is 29.3. The van der Waals surface area contributed by atoms with E-state index in [1.165, 1.54) is 11.3 Å². The second-order valence-corrected chi connectivity index (χ2v) is 8.26. The fourth-order valence-corrected chi connectivity index (χ4v) is 4.33. The molecule has 1 unspecified atom stereocenters. The molecule has 3 N–H and O–H groups in total. The standard InChI is InChI=1S/C20H16N4O4S2/c25-18(14-5-1-2-6-16(14)24-9-3-4-10-24)22-19(26)23-20-21-15-8-7-13(12-30(27)28)11-17(15)29-20/h1-11H,12H2,(H,27,28)(H2,21,22,23,25,26). The zero-order valence-corrected chi connectivity index (χ0v) is 17.1. The molecule has 0 spiro atoms. The van der Waals surface area contributed by atoms with Crippen LogP contribution in [0.5, 0.6) is 0 Å². The normalized spacial score (nSPS) is 11.9. The first-order valence-electron chi connectivity index (χ1n) is 8.81. The summed E-state index contributed by atoms with van der Waals surface area (Å²) in [6, 6.07) is 15.1. The number of anilines is 1. The molecule has 0 fully saturated rings. The number of imide groups is 1. The molecule has 1 atom stereocenters. The Balaban J connectivity index is 1.47. The highest BCUT2D eigenvalue weighted by Gasteiger charge is 2.16. The van der Waals surface area contributed by atoms with Crippen LogP contribution < -0.4 is 10.6 Å². The monoisotopic (exact) mass is 440 g/mol. The van der Waals surface area contributed by atoms with Crippen molar-refractivity contribution in [1.29, 1.82) is 0 Å². The van der Waals surface area contributed by atoms with Crippen molar-refractivity contribution < 1.29 is 18.4 Å². The Kier molecular flexibility index (Phi) is 5.70. The molecule has 0 saturated carbocycles. The second kappa shape index (κ2) is 8.57.